The monoisotopic (exact) mass is 255 g/mol. The predicted octanol–water partition coefficient (Wildman–Crippen LogP) is 1.44. The second-order valence-electron chi connectivity index (χ2n) is 3.32. The molecule has 16 heavy (non-hydrogen) atoms. The number of H-pyrrole nitrogens is 1. The van der Waals surface area contributed by atoms with Gasteiger partial charge in [-0.25, -0.2) is 4.98 Å². The van der Waals surface area contributed by atoms with Gasteiger partial charge in [0.1, 0.15) is 10.5 Å². The average molecular weight is 255 g/mol. The molecule has 2 N–H and O–H groups in total. The van der Waals surface area contributed by atoms with Crippen LogP contribution in [0.5, 0.6) is 0 Å². The van der Waals surface area contributed by atoms with Gasteiger partial charge in [-0.3, -0.25) is 4.79 Å². The third-order valence-electron chi connectivity index (χ3n) is 2.14. The van der Waals surface area contributed by atoms with E-state index in [2.05, 4.69) is 21.5 Å². The summed E-state index contributed by atoms with van der Waals surface area (Å²) in [4.78, 5) is 18.8. The van der Waals surface area contributed by atoms with Crippen LogP contribution in [0, 0.1) is 0 Å². The number of thioether (sulfide) groups is 1. The van der Waals surface area contributed by atoms with Gasteiger partial charge in [-0.2, -0.15) is 11.8 Å². The van der Waals surface area contributed by atoms with Crippen LogP contribution in [0.25, 0.3) is 10.2 Å². The molecule has 2 heterocycles. The van der Waals surface area contributed by atoms with Crippen LogP contribution in [0.15, 0.2) is 16.2 Å². The van der Waals surface area contributed by atoms with Crippen LogP contribution in [0.1, 0.15) is 5.82 Å². The van der Waals surface area contributed by atoms with Crippen molar-refractivity contribution in [1.82, 2.24) is 15.3 Å². The topological polar surface area (TPSA) is 57.8 Å². The average Bonchev–Trinajstić information content (AvgIpc) is 2.73. The Morgan fingerprint density at radius 3 is 3.31 bits per heavy atom. The molecular formula is C10H13N3OS2. The number of nitrogens with zero attached hydrogens (tertiary/aromatic N) is 1. The molecule has 4 nitrogen and oxygen atoms in total. The maximum atomic E-state index is 11.6. The van der Waals surface area contributed by atoms with Crippen molar-refractivity contribution >= 4 is 33.3 Å². The second-order valence-corrected chi connectivity index (χ2v) is 5.22. The number of aromatic nitrogens is 2. The molecule has 0 aliphatic carbocycles. The molecule has 2 aromatic heterocycles. The highest BCUT2D eigenvalue weighted by Gasteiger charge is 2.03. The van der Waals surface area contributed by atoms with Crippen molar-refractivity contribution in [2.75, 3.05) is 18.6 Å². The summed E-state index contributed by atoms with van der Waals surface area (Å²) in [6, 6.07) is 1.88. The van der Waals surface area contributed by atoms with E-state index in [4.69, 9.17) is 0 Å². The minimum atomic E-state index is -0.0401. The lowest BCUT2D eigenvalue weighted by molar-refractivity contribution is 0.696. The summed E-state index contributed by atoms with van der Waals surface area (Å²) in [7, 11) is 0. The molecule has 0 radical (unpaired) electrons. The van der Waals surface area contributed by atoms with Gasteiger partial charge in [0, 0.05) is 12.3 Å². The Balaban J connectivity index is 2.10. The van der Waals surface area contributed by atoms with Crippen molar-refractivity contribution in [1.29, 1.82) is 0 Å². The molecule has 0 aromatic carbocycles. The van der Waals surface area contributed by atoms with Gasteiger partial charge in [0.15, 0.2) is 0 Å². The standard InChI is InChI=1S/C10H13N3OS2/c1-15-5-3-11-6-8-12-7-2-4-16-9(7)10(14)13-8/h2,4,11H,3,5-6H2,1H3,(H,12,13,14). The van der Waals surface area contributed by atoms with Crippen LogP contribution >= 0.6 is 23.1 Å². The van der Waals surface area contributed by atoms with Gasteiger partial charge in [0.05, 0.1) is 12.1 Å². The molecule has 0 aliphatic rings. The highest BCUT2D eigenvalue weighted by atomic mass is 32.2. The molecule has 0 aliphatic heterocycles. The van der Waals surface area contributed by atoms with Crippen LogP contribution < -0.4 is 10.9 Å². The number of hydrogen-bond donors (Lipinski definition) is 2. The fraction of sp³-hybridized carbons (Fsp3) is 0.400. The molecule has 0 unspecified atom stereocenters. The Hall–Kier alpha value is -0.850. The van der Waals surface area contributed by atoms with Crippen molar-refractivity contribution in [3.63, 3.8) is 0 Å². The lowest BCUT2D eigenvalue weighted by Crippen LogP contribution is -2.20. The first-order valence-corrected chi connectivity index (χ1v) is 7.24. The highest BCUT2D eigenvalue weighted by molar-refractivity contribution is 7.98. The fourth-order valence-electron chi connectivity index (χ4n) is 1.39. The molecule has 2 rings (SSSR count). The summed E-state index contributed by atoms with van der Waals surface area (Å²) in [5.41, 5.74) is 0.747. The van der Waals surface area contributed by atoms with E-state index in [-0.39, 0.29) is 5.56 Å². The van der Waals surface area contributed by atoms with Crippen molar-refractivity contribution in [3.05, 3.63) is 27.6 Å². The van der Waals surface area contributed by atoms with Gasteiger partial charge >= 0.3 is 0 Å². The molecule has 6 heteroatoms. The Morgan fingerprint density at radius 1 is 1.62 bits per heavy atom. The molecule has 86 valence electrons. The number of aromatic amines is 1. The number of thiophene rings is 1. The normalized spacial score (nSPS) is 11.1. The molecule has 0 fully saturated rings. The SMILES string of the molecule is CSCCNCc1nc2ccsc2c(=O)[nH]1. The van der Waals surface area contributed by atoms with E-state index in [1.54, 1.807) is 11.8 Å². The molecule has 2 aromatic rings. The van der Waals surface area contributed by atoms with Crippen molar-refractivity contribution in [2.24, 2.45) is 0 Å². The number of nitrogens with one attached hydrogen (secondary N) is 2. The van der Waals surface area contributed by atoms with E-state index >= 15 is 0 Å². The molecule has 0 bridgehead atoms. The van der Waals surface area contributed by atoms with Crippen molar-refractivity contribution < 1.29 is 0 Å². The molecule has 0 saturated heterocycles. The van der Waals surface area contributed by atoms with Crippen molar-refractivity contribution in [3.8, 4) is 0 Å². The Kier molecular flexibility index (Phi) is 3.98. The fourth-order valence-corrected chi connectivity index (χ4v) is 2.46. The van der Waals surface area contributed by atoms with Gasteiger partial charge in [-0.15, -0.1) is 11.3 Å². The molecule has 0 spiro atoms. The minimum absolute atomic E-state index is 0.0401. The molecule has 0 amide bonds. The van der Waals surface area contributed by atoms with E-state index in [0.29, 0.717) is 17.1 Å². The van der Waals surface area contributed by atoms with Gasteiger partial charge in [-0.1, -0.05) is 0 Å². The predicted molar refractivity (Wildman–Crippen MR) is 70.3 cm³/mol. The summed E-state index contributed by atoms with van der Waals surface area (Å²) >= 11 is 3.22. The van der Waals surface area contributed by atoms with E-state index < -0.39 is 0 Å². The Morgan fingerprint density at radius 2 is 2.50 bits per heavy atom. The zero-order valence-corrected chi connectivity index (χ0v) is 10.6. The maximum Gasteiger partial charge on any atom is 0.268 e. The van der Waals surface area contributed by atoms with Crippen LogP contribution in [-0.2, 0) is 6.54 Å². The zero-order valence-electron chi connectivity index (χ0n) is 8.95. The summed E-state index contributed by atoms with van der Waals surface area (Å²) in [6.07, 6.45) is 2.07. The molecule has 0 atom stereocenters. The third-order valence-corrected chi connectivity index (χ3v) is 3.65. The Labute approximate surface area is 101 Å². The van der Waals surface area contributed by atoms with Crippen LogP contribution in [0.4, 0.5) is 0 Å². The maximum absolute atomic E-state index is 11.6. The summed E-state index contributed by atoms with van der Waals surface area (Å²) < 4.78 is 0.702. The summed E-state index contributed by atoms with van der Waals surface area (Å²) in [5.74, 6) is 1.77. The third kappa shape index (κ3) is 2.63. The van der Waals surface area contributed by atoms with Crippen LogP contribution in [-0.4, -0.2) is 28.5 Å². The minimum Gasteiger partial charge on any atom is -0.309 e. The number of fused-ring (bicyclic) bond motifs is 1. The van der Waals surface area contributed by atoms with Crippen LogP contribution in [0.2, 0.25) is 0 Å². The number of hydrogen-bond acceptors (Lipinski definition) is 5. The number of rotatable bonds is 5. The Bertz CT molecular complexity index is 520. The van der Waals surface area contributed by atoms with E-state index in [1.165, 1.54) is 11.3 Å². The first-order valence-electron chi connectivity index (χ1n) is 4.97. The van der Waals surface area contributed by atoms with Crippen LogP contribution in [0.3, 0.4) is 0 Å². The summed E-state index contributed by atoms with van der Waals surface area (Å²) in [6.45, 7) is 1.54. The first kappa shape index (κ1) is 11.6. The molecule has 0 saturated carbocycles. The van der Waals surface area contributed by atoms with E-state index in [1.807, 2.05) is 11.4 Å². The van der Waals surface area contributed by atoms with Gasteiger partial charge in [0.25, 0.3) is 5.56 Å². The zero-order chi connectivity index (χ0) is 11.4. The second kappa shape index (κ2) is 5.47. The summed E-state index contributed by atoms with van der Waals surface area (Å²) in [5, 5.41) is 5.12. The van der Waals surface area contributed by atoms with Crippen molar-refractivity contribution in [2.45, 2.75) is 6.54 Å². The quantitative estimate of drug-likeness (QED) is 0.794. The smallest absolute Gasteiger partial charge is 0.268 e. The van der Waals surface area contributed by atoms with Gasteiger partial charge in [0.2, 0.25) is 0 Å². The first-order chi connectivity index (χ1) is 7.81. The highest BCUT2D eigenvalue weighted by Crippen LogP contribution is 2.13. The van der Waals surface area contributed by atoms with Gasteiger partial charge < -0.3 is 10.3 Å². The molecular weight excluding hydrogens is 242 g/mol. The van der Waals surface area contributed by atoms with E-state index in [0.717, 1.165) is 17.8 Å². The lowest BCUT2D eigenvalue weighted by atomic mass is 10.4. The lowest BCUT2D eigenvalue weighted by Gasteiger charge is -2.02. The largest absolute Gasteiger partial charge is 0.309 e. The van der Waals surface area contributed by atoms with Gasteiger partial charge in [-0.05, 0) is 17.7 Å². The van der Waals surface area contributed by atoms with E-state index in [9.17, 15) is 4.79 Å².